The first-order valence-corrected chi connectivity index (χ1v) is 8.52. The van der Waals surface area contributed by atoms with Gasteiger partial charge < -0.3 is 9.15 Å². The van der Waals surface area contributed by atoms with Gasteiger partial charge in [-0.3, -0.25) is 9.58 Å². The fourth-order valence-electron chi connectivity index (χ4n) is 3.04. The molecule has 3 heterocycles. The van der Waals surface area contributed by atoms with Crippen molar-refractivity contribution in [2.24, 2.45) is 0 Å². The van der Waals surface area contributed by atoms with E-state index in [2.05, 4.69) is 32.3 Å². The minimum absolute atomic E-state index is 0.125. The van der Waals surface area contributed by atoms with Crippen molar-refractivity contribution in [3.8, 4) is 0 Å². The predicted molar refractivity (Wildman–Crippen MR) is 90.8 cm³/mol. The fourth-order valence-corrected chi connectivity index (χ4v) is 3.04. The minimum atomic E-state index is 0.125. The third-order valence-corrected chi connectivity index (χ3v) is 4.24. The highest BCUT2D eigenvalue weighted by atomic mass is 16.5. The molecule has 1 atom stereocenters. The summed E-state index contributed by atoms with van der Waals surface area (Å²) in [5.41, 5.74) is 1.17. The summed E-state index contributed by atoms with van der Waals surface area (Å²) in [6.45, 7) is 3.81. The largest absolute Gasteiger partial charge is 0.424 e. The number of rotatable bonds is 6. The molecule has 0 N–H and O–H groups in total. The van der Waals surface area contributed by atoms with Crippen LogP contribution in [0.2, 0.25) is 0 Å². The molecule has 1 aliphatic heterocycles. The molecule has 0 aliphatic carbocycles. The molecule has 1 aliphatic rings. The van der Waals surface area contributed by atoms with Crippen LogP contribution < -0.4 is 0 Å². The molecule has 3 aromatic rings. The fraction of sp³-hybridized carbons (Fsp3) is 0.389. The van der Waals surface area contributed by atoms with Crippen LogP contribution in [0, 0.1) is 0 Å². The number of benzene rings is 1. The molecular formula is C18H21N5O2. The Hall–Kier alpha value is -2.51. The molecule has 7 heteroatoms. The van der Waals surface area contributed by atoms with Gasteiger partial charge in [0.2, 0.25) is 11.8 Å². The smallest absolute Gasteiger partial charge is 0.230 e. The molecule has 25 heavy (non-hydrogen) atoms. The van der Waals surface area contributed by atoms with Crippen LogP contribution in [0.3, 0.4) is 0 Å². The van der Waals surface area contributed by atoms with E-state index in [1.165, 1.54) is 5.56 Å². The minimum Gasteiger partial charge on any atom is -0.424 e. The van der Waals surface area contributed by atoms with Gasteiger partial charge in [0.25, 0.3) is 0 Å². The van der Waals surface area contributed by atoms with Crippen molar-refractivity contribution < 1.29 is 9.15 Å². The van der Waals surface area contributed by atoms with E-state index in [4.69, 9.17) is 9.15 Å². The van der Waals surface area contributed by atoms with E-state index in [0.29, 0.717) is 31.4 Å². The Kier molecular flexibility index (Phi) is 4.85. The Morgan fingerprint density at radius 3 is 2.80 bits per heavy atom. The van der Waals surface area contributed by atoms with E-state index in [9.17, 15) is 0 Å². The maximum atomic E-state index is 5.83. The maximum Gasteiger partial charge on any atom is 0.230 e. The molecule has 0 spiro atoms. The molecule has 1 aromatic carbocycles. The van der Waals surface area contributed by atoms with Crippen LogP contribution in [-0.2, 0) is 24.2 Å². The molecule has 0 bridgehead atoms. The lowest BCUT2D eigenvalue weighted by Gasteiger charge is -2.31. The summed E-state index contributed by atoms with van der Waals surface area (Å²) < 4.78 is 13.5. The van der Waals surface area contributed by atoms with Crippen molar-refractivity contribution in [3.05, 3.63) is 66.1 Å². The lowest BCUT2D eigenvalue weighted by Crippen LogP contribution is -2.43. The normalized spacial score (nSPS) is 18.5. The van der Waals surface area contributed by atoms with Crippen molar-refractivity contribution in [3.63, 3.8) is 0 Å². The third kappa shape index (κ3) is 4.32. The number of morpholine rings is 1. The van der Waals surface area contributed by atoms with E-state index >= 15 is 0 Å². The zero-order valence-electron chi connectivity index (χ0n) is 14.0. The van der Waals surface area contributed by atoms with Crippen molar-refractivity contribution in [1.29, 1.82) is 0 Å². The number of hydrogen-bond acceptors (Lipinski definition) is 6. The zero-order chi connectivity index (χ0) is 16.9. The first kappa shape index (κ1) is 16.0. The maximum absolute atomic E-state index is 5.83. The third-order valence-electron chi connectivity index (χ3n) is 4.24. The monoisotopic (exact) mass is 339 g/mol. The second-order valence-corrected chi connectivity index (χ2v) is 6.21. The van der Waals surface area contributed by atoms with Crippen molar-refractivity contribution in [1.82, 2.24) is 24.9 Å². The van der Waals surface area contributed by atoms with Crippen molar-refractivity contribution in [2.75, 3.05) is 19.7 Å². The molecular weight excluding hydrogens is 318 g/mol. The Morgan fingerprint density at radius 1 is 1.08 bits per heavy atom. The Balaban J connectivity index is 1.32. The van der Waals surface area contributed by atoms with Gasteiger partial charge in [0, 0.05) is 25.5 Å². The number of nitrogens with zero attached hydrogens (tertiary/aromatic N) is 5. The summed E-state index contributed by atoms with van der Waals surface area (Å²) in [6, 6.07) is 12.1. The highest BCUT2D eigenvalue weighted by Crippen LogP contribution is 2.13. The summed E-state index contributed by atoms with van der Waals surface area (Å²) >= 11 is 0. The van der Waals surface area contributed by atoms with E-state index in [0.717, 1.165) is 19.6 Å². The summed E-state index contributed by atoms with van der Waals surface area (Å²) in [5, 5.41) is 12.6. The zero-order valence-corrected chi connectivity index (χ0v) is 14.0. The van der Waals surface area contributed by atoms with E-state index in [-0.39, 0.29) is 6.10 Å². The van der Waals surface area contributed by atoms with Crippen LogP contribution in [0.4, 0.5) is 0 Å². The summed E-state index contributed by atoms with van der Waals surface area (Å²) in [4.78, 5) is 2.29. The van der Waals surface area contributed by atoms with Crippen LogP contribution >= 0.6 is 0 Å². The summed E-state index contributed by atoms with van der Waals surface area (Å²) in [6.07, 6.45) is 4.53. The number of ether oxygens (including phenoxy) is 1. The van der Waals surface area contributed by atoms with Crippen LogP contribution in [0.5, 0.6) is 0 Å². The lowest BCUT2D eigenvalue weighted by atomic mass is 10.2. The first-order valence-electron chi connectivity index (χ1n) is 8.52. The highest BCUT2D eigenvalue weighted by Gasteiger charge is 2.22. The van der Waals surface area contributed by atoms with Gasteiger partial charge in [-0.05, 0) is 11.6 Å². The quantitative estimate of drug-likeness (QED) is 0.682. The summed E-state index contributed by atoms with van der Waals surface area (Å²) in [7, 11) is 0. The molecule has 0 unspecified atom stereocenters. The van der Waals surface area contributed by atoms with Crippen molar-refractivity contribution in [2.45, 2.75) is 25.6 Å². The molecule has 7 nitrogen and oxygen atoms in total. The van der Waals surface area contributed by atoms with Gasteiger partial charge >= 0.3 is 0 Å². The molecule has 1 saturated heterocycles. The molecule has 0 saturated carbocycles. The first-order chi connectivity index (χ1) is 12.3. The van der Waals surface area contributed by atoms with E-state index in [1.54, 1.807) is 6.20 Å². The van der Waals surface area contributed by atoms with E-state index in [1.807, 2.05) is 35.1 Å². The van der Waals surface area contributed by atoms with Gasteiger partial charge in [0.05, 0.1) is 32.2 Å². The van der Waals surface area contributed by atoms with E-state index < -0.39 is 0 Å². The lowest BCUT2D eigenvalue weighted by molar-refractivity contribution is -0.0423. The van der Waals surface area contributed by atoms with Gasteiger partial charge in [-0.1, -0.05) is 30.3 Å². The Bertz CT molecular complexity index is 772. The predicted octanol–water partition coefficient (Wildman–Crippen LogP) is 1.76. The Labute approximate surface area is 146 Å². The molecule has 130 valence electrons. The molecule has 2 aromatic heterocycles. The van der Waals surface area contributed by atoms with Crippen LogP contribution in [0.1, 0.15) is 17.3 Å². The van der Waals surface area contributed by atoms with Crippen LogP contribution in [0.25, 0.3) is 0 Å². The SMILES string of the molecule is c1ccc(Cc2nnc(CN3CCO[C@H](Cn4cccn4)C3)o2)cc1. The van der Waals surface area contributed by atoms with Gasteiger partial charge in [0.15, 0.2) is 0 Å². The molecule has 0 radical (unpaired) electrons. The standard InChI is InChI=1S/C18H21N5O2/c1-2-5-15(6-3-1)11-17-20-21-18(25-17)14-22-9-10-24-16(12-22)13-23-8-4-7-19-23/h1-8,16H,9-14H2/t16-/m0/s1. The molecule has 4 rings (SSSR count). The van der Waals surface area contributed by atoms with Crippen LogP contribution in [-0.4, -0.2) is 50.7 Å². The highest BCUT2D eigenvalue weighted by molar-refractivity contribution is 5.17. The molecule has 1 fully saturated rings. The second-order valence-electron chi connectivity index (χ2n) is 6.21. The van der Waals surface area contributed by atoms with Crippen LogP contribution in [0.15, 0.2) is 53.2 Å². The van der Waals surface area contributed by atoms with Gasteiger partial charge in [-0.25, -0.2) is 0 Å². The van der Waals surface area contributed by atoms with Gasteiger partial charge in [-0.2, -0.15) is 5.10 Å². The van der Waals surface area contributed by atoms with Gasteiger partial charge in [0.1, 0.15) is 0 Å². The average molecular weight is 339 g/mol. The number of hydrogen-bond donors (Lipinski definition) is 0. The topological polar surface area (TPSA) is 69.2 Å². The van der Waals surface area contributed by atoms with Gasteiger partial charge in [-0.15, -0.1) is 10.2 Å². The molecule has 0 amide bonds. The average Bonchev–Trinajstić information content (AvgIpc) is 3.29. The Morgan fingerprint density at radius 2 is 1.96 bits per heavy atom. The number of aromatic nitrogens is 4. The summed E-state index contributed by atoms with van der Waals surface area (Å²) in [5.74, 6) is 1.31. The second kappa shape index (κ2) is 7.58. The van der Waals surface area contributed by atoms with Crippen molar-refractivity contribution >= 4 is 0 Å².